The third kappa shape index (κ3) is 2.09. The lowest BCUT2D eigenvalue weighted by molar-refractivity contribution is 0.174. The van der Waals surface area contributed by atoms with Crippen molar-refractivity contribution in [3.05, 3.63) is 36.0 Å². The second kappa shape index (κ2) is 4.38. The van der Waals surface area contributed by atoms with E-state index >= 15 is 0 Å². The zero-order valence-corrected chi connectivity index (χ0v) is 9.88. The van der Waals surface area contributed by atoms with E-state index in [4.69, 9.17) is 20.5 Å². The van der Waals surface area contributed by atoms with Crippen LogP contribution in [0.1, 0.15) is 5.69 Å². The number of nitrogens with two attached hydrogens (primary N) is 1. The molecule has 1 aliphatic rings. The summed E-state index contributed by atoms with van der Waals surface area (Å²) >= 11 is 0. The molecule has 0 aliphatic carbocycles. The van der Waals surface area contributed by atoms with Gasteiger partial charge in [-0.1, -0.05) is 0 Å². The number of benzene rings is 1. The minimum absolute atomic E-state index is 0.200. The molecule has 2 aromatic rings. The van der Waals surface area contributed by atoms with E-state index < -0.39 is 0 Å². The van der Waals surface area contributed by atoms with E-state index in [1.807, 2.05) is 24.3 Å². The van der Waals surface area contributed by atoms with Crippen LogP contribution >= 0.6 is 0 Å². The van der Waals surface area contributed by atoms with Gasteiger partial charge in [0.05, 0.1) is 5.69 Å². The molecule has 0 bridgehead atoms. The Morgan fingerprint density at radius 2 is 2.05 bits per heavy atom. The highest BCUT2D eigenvalue weighted by atomic mass is 16.7. The number of anilines is 3. The Bertz CT molecular complexity index is 679. The van der Waals surface area contributed by atoms with Crippen LogP contribution in [0.3, 0.4) is 0 Å². The summed E-state index contributed by atoms with van der Waals surface area (Å²) in [4.78, 5) is 4.11. The number of nitrogen functional groups attached to an aromatic ring is 1. The third-order valence-corrected chi connectivity index (χ3v) is 2.68. The molecule has 94 valence electrons. The van der Waals surface area contributed by atoms with Gasteiger partial charge in [-0.2, -0.15) is 5.26 Å². The summed E-state index contributed by atoms with van der Waals surface area (Å²) in [5.74, 6) is 1.94. The van der Waals surface area contributed by atoms with Crippen molar-refractivity contribution in [2.24, 2.45) is 0 Å². The van der Waals surface area contributed by atoms with Gasteiger partial charge in [0.2, 0.25) is 6.79 Å². The average Bonchev–Trinajstić information content (AvgIpc) is 2.88. The van der Waals surface area contributed by atoms with Crippen LogP contribution in [-0.4, -0.2) is 11.8 Å². The monoisotopic (exact) mass is 254 g/mol. The maximum Gasteiger partial charge on any atom is 0.231 e. The molecule has 0 unspecified atom stereocenters. The molecule has 0 radical (unpaired) electrons. The average molecular weight is 254 g/mol. The quantitative estimate of drug-likeness (QED) is 0.851. The molecule has 19 heavy (non-hydrogen) atoms. The minimum Gasteiger partial charge on any atom is -0.454 e. The summed E-state index contributed by atoms with van der Waals surface area (Å²) in [5, 5.41) is 12.0. The van der Waals surface area contributed by atoms with Crippen molar-refractivity contribution in [3.8, 4) is 17.6 Å². The molecule has 1 aromatic heterocycles. The topological polar surface area (TPSA) is 93.2 Å². The van der Waals surface area contributed by atoms with Crippen molar-refractivity contribution in [1.29, 1.82) is 5.26 Å². The summed E-state index contributed by atoms with van der Waals surface area (Å²) < 4.78 is 10.5. The fraction of sp³-hybridized carbons (Fsp3) is 0.0769. The molecule has 1 aliphatic heterocycles. The van der Waals surface area contributed by atoms with Crippen molar-refractivity contribution >= 4 is 17.2 Å². The highest BCUT2D eigenvalue weighted by Crippen LogP contribution is 2.34. The molecule has 6 nitrogen and oxygen atoms in total. The Morgan fingerprint density at radius 1 is 1.21 bits per heavy atom. The summed E-state index contributed by atoms with van der Waals surface area (Å²) in [6.45, 7) is 0.234. The number of fused-ring (bicyclic) bond motifs is 1. The van der Waals surface area contributed by atoms with E-state index in [2.05, 4.69) is 10.3 Å². The summed E-state index contributed by atoms with van der Waals surface area (Å²) in [7, 11) is 0. The first kappa shape index (κ1) is 11.2. The number of nitrogens with one attached hydrogen (secondary N) is 1. The molecular formula is C13H10N4O2. The number of nitriles is 1. The minimum atomic E-state index is 0.200. The predicted octanol–water partition coefficient (Wildman–Crippen LogP) is 2.01. The number of hydrogen-bond donors (Lipinski definition) is 2. The Labute approximate surface area is 109 Å². The molecule has 0 amide bonds. The molecule has 0 fully saturated rings. The summed E-state index contributed by atoms with van der Waals surface area (Å²) in [6, 6.07) is 10.8. The number of aromatic nitrogens is 1. The maximum atomic E-state index is 8.88. The van der Waals surface area contributed by atoms with Crippen molar-refractivity contribution in [1.82, 2.24) is 4.98 Å². The largest absolute Gasteiger partial charge is 0.454 e. The van der Waals surface area contributed by atoms with Crippen molar-refractivity contribution in [2.45, 2.75) is 0 Å². The van der Waals surface area contributed by atoms with E-state index in [0.717, 1.165) is 5.69 Å². The van der Waals surface area contributed by atoms with Crippen LogP contribution in [0.15, 0.2) is 30.3 Å². The van der Waals surface area contributed by atoms with Crippen LogP contribution in [0.25, 0.3) is 0 Å². The van der Waals surface area contributed by atoms with Gasteiger partial charge in [-0.25, -0.2) is 4.98 Å². The number of rotatable bonds is 2. The van der Waals surface area contributed by atoms with Gasteiger partial charge in [0.25, 0.3) is 0 Å². The Kier molecular flexibility index (Phi) is 2.58. The van der Waals surface area contributed by atoms with Crippen LogP contribution in [0, 0.1) is 11.3 Å². The zero-order valence-electron chi connectivity index (χ0n) is 9.88. The highest BCUT2D eigenvalue weighted by Gasteiger charge is 2.13. The maximum absolute atomic E-state index is 8.88. The van der Waals surface area contributed by atoms with Crippen LogP contribution < -0.4 is 20.5 Å². The van der Waals surface area contributed by atoms with Gasteiger partial charge >= 0.3 is 0 Å². The molecule has 2 heterocycles. The van der Waals surface area contributed by atoms with E-state index in [9.17, 15) is 0 Å². The third-order valence-electron chi connectivity index (χ3n) is 2.68. The number of nitrogens with zero attached hydrogens (tertiary/aromatic N) is 2. The number of hydrogen-bond acceptors (Lipinski definition) is 6. The molecule has 6 heteroatoms. The van der Waals surface area contributed by atoms with Crippen LogP contribution in [-0.2, 0) is 0 Å². The first-order valence-electron chi connectivity index (χ1n) is 5.59. The Balaban J connectivity index is 1.87. The van der Waals surface area contributed by atoms with E-state index in [0.29, 0.717) is 23.0 Å². The van der Waals surface area contributed by atoms with Gasteiger partial charge in [0.1, 0.15) is 11.9 Å². The fourth-order valence-electron chi connectivity index (χ4n) is 1.75. The molecule has 3 rings (SSSR count). The Morgan fingerprint density at radius 3 is 2.89 bits per heavy atom. The van der Waals surface area contributed by atoms with E-state index in [-0.39, 0.29) is 12.5 Å². The van der Waals surface area contributed by atoms with Crippen molar-refractivity contribution in [2.75, 3.05) is 17.8 Å². The SMILES string of the molecule is N#Cc1nc(Nc2ccc3c(c2)OCO3)ccc1N. The molecule has 0 saturated carbocycles. The van der Waals surface area contributed by atoms with Gasteiger partial charge in [-0.3, -0.25) is 0 Å². The molecule has 3 N–H and O–H groups in total. The van der Waals surface area contributed by atoms with Gasteiger partial charge in [0, 0.05) is 11.8 Å². The van der Waals surface area contributed by atoms with Crippen molar-refractivity contribution < 1.29 is 9.47 Å². The second-order valence-electron chi connectivity index (χ2n) is 3.94. The second-order valence-corrected chi connectivity index (χ2v) is 3.94. The van der Waals surface area contributed by atoms with Crippen LogP contribution in [0.5, 0.6) is 11.5 Å². The molecule has 1 aromatic carbocycles. The lowest BCUT2D eigenvalue weighted by atomic mass is 10.2. The first-order valence-corrected chi connectivity index (χ1v) is 5.59. The molecular weight excluding hydrogens is 244 g/mol. The zero-order chi connectivity index (χ0) is 13.2. The summed E-state index contributed by atoms with van der Waals surface area (Å²) in [5.41, 5.74) is 6.97. The van der Waals surface area contributed by atoms with Crippen LogP contribution in [0.4, 0.5) is 17.2 Å². The molecule has 0 spiro atoms. The van der Waals surface area contributed by atoms with Gasteiger partial charge in [0.15, 0.2) is 17.2 Å². The Hall–Kier alpha value is -2.94. The van der Waals surface area contributed by atoms with Gasteiger partial charge < -0.3 is 20.5 Å². The molecule has 0 saturated heterocycles. The van der Waals surface area contributed by atoms with E-state index in [1.54, 1.807) is 12.1 Å². The van der Waals surface area contributed by atoms with Gasteiger partial charge in [-0.05, 0) is 24.3 Å². The molecule has 0 atom stereocenters. The van der Waals surface area contributed by atoms with Crippen LogP contribution in [0.2, 0.25) is 0 Å². The highest BCUT2D eigenvalue weighted by molar-refractivity contribution is 5.64. The fourth-order valence-corrected chi connectivity index (χ4v) is 1.75. The van der Waals surface area contributed by atoms with Gasteiger partial charge in [-0.15, -0.1) is 0 Å². The first-order chi connectivity index (χ1) is 9.26. The number of ether oxygens (including phenoxy) is 2. The summed E-state index contributed by atoms with van der Waals surface area (Å²) in [6.07, 6.45) is 0. The number of pyridine rings is 1. The predicted molar refractivity (Wildman–Crippen MR) is 69.2 cm³/mol. The van der Waals surface area contributed by atoms with Crippen molar-refractivity contribution in [3.63, 3.8) is 0 Å². The normalized spacial score (nSPS) is 11.9. The van der Waals surface area contributed by atoms with E-state index in [1.165, 1.54) is 0 Å². The standard InChI is InChI=1S/C13H10N4O2/c14-6-10-9(15)2-4-13(17-10)16-8-1-3-11-12(5-8)19-7-18-11/h1-5H,7,15H2,(H,16,17). The smallest absolute Gasteiger partial charge is 0.231 e. The lowest BCUT2D eigenvalue weighted by Crippen LogP contribution is -1.98. The lowest BCUT2D eigenvalue weighted by Gasteiger charge is -2.07.